The molecule has 1 fully saturated rings. The van der Waals surface area contributed by atoms with Crippen LogP contribution < -0.4 is 10.6 Å². The summed E-state index contributed by atoms with van der Waals surface area (Å²) >= 11 is 0. The van der Waals surface area contributed by atoms with Crippen molar-refractivity contribution in [2.75, 3.05) is 38.0 Å². The number of hydrogen-bond donors (Lipinski definition) is 2. The Morgan fingerprint density at radius 3 is 2.71 bits per heavy atom. The number of anilines is 1. The zero-order chi connectivity index (χ0) is 18.7. The van der Waals surface area contributed by atoms with E-state index in [0.29, 0.717) is 5.92 Å². The number of aromatic nitrogens is 1. The Labute approximate surface area is 186 Å². The molecule has 0 spiro atoms. The van der Waals surface area contributed by atoms with Crippen molar-refractivity contribution in [1.29, 1.82) is 0 Å². The molecule has 1 aliphatic heterocycles. The first-order valence-corrected chi connectivity index (χ1v) is 10.1. The summed E-state index contributed by atoms with van der Waals surface area (Å²) in [5.74, 6) is 2.62. The van der Waals surface area contributed by atoms with Crippen molar-refractivity contribution in [3.8, 4) is 0 Å². The lowest BCUT2D eigenvalue weighted by Crippen LogP contribution is -2.40. The van der Waals surface area contributed by atoms with Crippen molar-refractivity contribution in [1.82, 2.24) is 15.2 Å². The van der Waals surface area contributed by atoms with E-state index in [1.54, 1.807) is 0 Å². The molecular weight excluding hydrogens is 461 g/mol. The Kier molecular flexibility index (Phi) is 10.1. The number of nitrogens with zero attached hydrogens (tertiary/aromatic N) is 3. The number of nitrogens with one attached hydrogen (secondary N) is 2. The van der Waals surface area contributed by atoms with Crippen molar-refractivity contribution >= 4 is 35.8 Å². The molecule has 1 aliphatic rings. The van der Waals surface area contributed by atoms with E-state index in [2.05, 4.69) is 57.8 Å². The van der Waals surface area contributed by atoms with Gasteiger partial charge in [-0.3, -0.25) is 4.99 Å². The Morgan fingerprint density at radius 1 is 1.14 bits per heavy atom. The summed E-state index contributed by atoms with van der Waals surface area (Å²) < 4.78 is 0. The standard InChI is InChI=1S/C22H31N5.HI/c1-2-23-22(26-16-9-8-15-25-21-12-6-7-14-24-21)27-17-13-20(18-27)19-10-4-3-5-11-19;/h3-7,10-12,14,20H,2,8-9,13,15-18H2,1H3,(H,23,26)(H,24,25);1H. The molecule has 6 heteroatoms. The number of pyridine rings is 1. The summed E-state index contributed by atoms with van der Waals surface area (Å²) in [7, 11) is 0. The summed E-state index contributed by atoms with van der Waals surface area (Å²) in [6.07, 6.45) is 5.17. The minimum Gasteiger partial charge on any atom is -0.370 e. The molecular formula is C22H32IN5. The number of hydrogen-bond acceptors (Lipinski definition) is 3. The van der Waals surface area contributed by atoms with Crippen LogP contribution in [0.3, 0.4) is 0 Å². The van der Waals surface area contributed by atoms with Gasteiger partial charge in [0.15, 0.2) is 5.96 Å². The molecule has 2 aromatic rings. The van der Waals surface area contributed by atoms with Crippen LogP contribution in [0.2, 0.25) is 0 Å². The number of unbranched alkanes of at least 4 members (excludes halogenated alkanes) is 1. The highest BCUT2D eigenvalue weighted by atomic mass is 127. The van der Waals surface area contributed by atoms with E-state index in [-0.39, 0.29) is 24.0 Å². The SMILES string of the molecule is CCNC(=NCCCCNc1ccccn1)N1CCC(c2ccccc2)C1.I. The summed E-state index contributed by atoms with van der Waals surface area (Å²) in [6, 6.07) is 16.8. The predicted octanol–water partition coefficient (Wildman–Crippen LogP) is 4.35. The van der Waals surface area contributed by atoms with E-state index in [9.17, 15) is 0 Å². The molecule has 3 rings (SSSR count). The molecule has 1 aromatic heterocycles. The minimum absolute atomic E-state index is 0. The van der Waals surface area contributed by atoms with Crippen LogP contribution in [0.4, 0.5) is 5.82 Å². The van der Waals surface area contributed by atoms with Crippen LogP contribution >= 0.6 is 24.0 Å². The minimum atomic E-state index is 0. The highest BCUT2D eigenvalue weighted by molar-refractivity contribution is 14.0. The van der Waals surface area contributed by atoms with Crippen molar-refractivity contribution in [3.05, 3.63) is 60.3 Å². The molecule has 0 aliphatic carbocycles. The van der Waals surface area contributed by atoms with Gasteiger partial charge in [-0.15, -0.1) is 24.0 Å². The maximum atomic E-state index is 4.86. The molecule has 0 saturated carbocycles. The fourth-order valence-electron chi connectivity index (χ4n) is 3.48. The van der Waals surface area contributed by atoms with Gasteiger partial charge in [-0.1, -0.05) is 36.4 Å². The summed E-state index contributed by atoms with van der Waals surface area (Å²) in [5.41, 5.74) is 1.44. The van der Waals surface area contributed by atoms with E-state index in [1.807, 2.05) is 24.4 Å². The largest absolute Gasteiger partial charge is 0.370 e. The van der Waals surface area contributed by atoms with Gasteiger partial charge in [-0.2, -0.15) is 0 Å². The first-order chi connectivity index (χ1) is 13.4. The molecule has 1 saturated heterocycles. The highest BCUT2D eigenvalue weighted by Crippen LogP contribution is 2.26. The maximum absolute atomic E-state index is 4.86. The Hall–Kier alpha value is -1.83. The van der Waals surface area contributed by atoms with Gasteiger partial charge in [0.05, 0.1) is 0 Å². The van der Waals surface area contributed by atoms with E-state index < -0.39 is 0 Å². The van der Waals surface area contributed by atoms with Crippen LogP contribution in [0.5, 0.6) is 0 Å². The van der Waals surface area contributed by atoms with Crippen LogP contribution in [0, 0.1) is 0 Å². The second-order valence-electron chi connectivity index (χ2n) is 6.93. The lowest BCUT2D eigenvalue weighted by Gasteiger charge is -2.21. The number of likely N-dealkylation sites (tertiary alicyclic amines) is 1. The number of rotatable bonds is 8. The third-order valence-corrected chi connectivity index (χ3v) is 4.91. The van der Waals surface area contributed by atoms with E-state index in [0.717, 1.165) is 57.3 Å². The third kappa shape index (κ3) is 6.96. The van der Waals surface area contributed by atoms with Gasteiger partial charge in [0, 0.05) is 44.8 Å². The molecule has 2 heterocycles. The summed E-state index contributed by atoms with van der Waals surface area (Å²) in [6.45, 7) is 6.97. The van der Waals surface area contributed by atoms with E-state index >= 15 is 0 Å². The third-order valence-electron chi connectivity index (χ3n) is 4.91. The number of benzene rings is 1. The number of guanidine groups is 1. The van der Waals surface area contributed by atoms with Crippen LogP contribution in [0.15, 0.2) is 59.7 Å². The first-order valence-electron chi connectivity index (χ1n) is 10.1. The van der Waals surface area contributed by atoms with Gasteiger partial charge < -0.3 is 15.5 Å². The number of aliphatic imine (C=N–C) groups is 1. The lowest BCUT2D eigenvalue weighted by atomic mass is 9.99. The maximum Gasteiger partial charge on any atom is 0.193 e. The zero-order valence-electron chi connectivity index (χ0n) is 16.7. The molecule has 1 unspecified atom stereocenters. The van der Waals surface area contributed by atoms with Crippen molar-refractivity contribution < 1.29 is 0 Å². The second kappa shape index (κ2) is 12.6. The second-order valence-corrected chi connectivity index (χ2v) is 6.93. The van der Waals surface area contributed by atoms with Crippen LogP contribution in [0.1, 0.15) is 37.7 Å². The normalized spacial score (nSPS) is 16.5. The smallest absolute Gasteiger partial charge is 0.193 e. The Balaban J connectivity index is 0.00000280. The predicted molar refractivity (Wildman–Crippen MR) is 129 cm³/mol. The average Bonchev–Trinajstić information content (AvgIpc) is 3.21. The van der Waals surface area contributed by atoms with Gasteiger partial charge in [-0.05, 0) is 43.9 Å². The van der Waals surface area contributed by atoms with Crippen LogP contribution in [-0.2, 0) is 0 Å². The molecule has 1 aromatic carbocycles. The Morgan fingerprint density at radius 2 is 1.96 bits per heavy atom. The first kappa shape index (κ1) is 22.5. The summed E-state index contributed by atoms with van der Waals surface area (Å²) in [4.78, 5) is 11.5. The molecule has 0 amide bonds. The quantitative estimate of drug-likeness (QED) is 0.249. The topological polar surface area (TPSA) is 52.6 Å². The van der Waals surface area contributed by atoms with Gasteiger partial charge in [0.25, 0.3) is 0 Å². The molecule has 0 radical (unpaired) electrons. The molecule has 2 N–H and O–H groups in total. The number of halogens is 1. The van der Waals surface area contributed by atoms with Crippen LogP contribution in [0.25, 0.3) is 0 Å². The molecule has 1 atom stereocenters. The monoisotopic (exact) mass is 493 g/mol. The van der Waals surface area contributed by atoms with Crippen molar-refractivity contribution in [3.63, 3.8) is 0 Å². The van der Waals surface area contributed by atoms with Crippen LogP contribution in [-0.4, -0.2) is 48.6 Å². The van der Waals surface area contributed by atoms with Gasteiger partial charge >= 0.3 is 0 Å². The lowest BCUT2D eigenvalue weighted by molar-refractivity contribution is 0.485. The average molecular weight is 493 g/mol. The van der Waals surface area contributed by atoms with Gasteiger partial charge in [0.2, 0.25) is 0 Å². The highest BCUT2D eigenvalue weighted by Gasteiger charge is 2.25. The Bertz CT molecular complexity index is 693. The molecule has 0 bridgehead atoms. The molecule has 152 valence electrons. The summed E-state index contributed by atoms with van der Waals surface area (Å²) in [5, 5.41) is 6.81. The van der Waals surface area contributed by atoms with Gasteiger partial charge in [-0.25, -0.2) is 4.98 Å². The van der Waals surface area contributed by atoms with E-state index in [1.165, 1.54) is 12.0 Å². The van der Waals surface area contributed by atoms with Crippen molar-refractivity contribution in [2.45, 2.75) is 32.1 Å². The fourth-order valence-corrected chi connectivity index (χ4v) is 3.48. The molecule has 5 nitrogen and oxygen atoms in total. The zero-order valence-corrected chi connectivity index (χ0v) is 19.0. The van der Waals surface area contributed by atoms with E-state index in [4.69, 9.17) is 4.99 Å². The fraction of sp³-hybridized carbons (Fsp3) is 0.455. The van der Waals surface area contributed by atoms with Gasteiger partial charge in [0.1, 0.15) is 5.82 Å². The van der Waals surface area contributed by atoms with Crippen molar-refractivity contribution in [2.24, 2.45) is 4.99 Å². The molecule has 28 heavy (non-hydrogen) atoms.